The Labute approximate surface area is 232 Å². The molecule has 0 atom stereocenters. The van der Waals surface area contributed by atoms with E-state index in [1.807, 2.05) is 39.8 Å². The first kappa shape index (κ1) is 27.2. The second-order valence-electron chi connectivity index (χ2n) is 8.98. The van der Waals surface area contributed by atoms with Crippen LogP contribution in [0, 0.1) is 0 Å². The molecule has 0 amide bonds. The second-order valence-corrected chi connectivity index (χ2v) is 10.6. The van der Waals surface area contributed by atoms with E-state index in [2.05, 4.69) is 31.9 Å². The van der Waals surface area contributed by atoms with E-state index in [9.17, 15) is 24.9 Å². The average Bonchev–Trinajstić information content (AvgIpc) is 3.19. The summed E-state index contributed by atoms with van der Waals surface area (Å²) in [6.07, 6.45) is 2.28. The number of phenols is 2. The van der Waals surface area contributed by atoms with Gasteiger partial charge in [-0.15, -0.1) is 0 Å². The molecule has 8 heteroatoms. The third-order valence-electron chi connectivity index (χ3n) is 7.14. The molecular weight excluding hydrogens is 604 g/mol. The second kappa shape index (κ2) is 10.1. The zero-order chi connectivity index (χ0) is 27.2. The largest absolute Gasteiger partial charge is 0.506 e. The summed E-state index contributed by atoms with van der Waals surface area (Å²) < 4.78 is 7.14. The minimum Gasteiger partial charge on any atom is -0.506 e. The van der Waals surface area contributed by atoms with E-state index in [4.69, 9.17) is 4.74 Å². The zero-order valence-corrected chi connectivity index (χ0v) is 24.2. The summed E-state index contributed by atoms with van der Waals surface area (Å²) in [6, 6.07) is 8.44. The van der Waals surface area contributed by atoms with Crippen LogP contribution in [0.1, 0.15) is 87.4 Å². The molecular formula is C29H28Br2O6. The summed E-state index contributed by atoms with van der Waals surface area (Å²) in [5, 5.41) is 33.2. The van der Waals surface area contributed by atoms with Crippen LogP contribution in [-0.4, -0.2) is 27.3 Å². The number of cyclic esters (lactones) is 1. The minimum atomic E-state index is -1.79. The molecule has 0 fully saturated rings. The van der Waals surface area contributed by atoms with Gasteiger partial charge in [-0.2, -0.15) is 0 Å². The van der Waals surface area contributed by atoms with Gasteiger partial charge in [0.2, 0.25) is 0 Å². The highest BCUT2D eigenvalue weighted by Crippen LogP contribution is 2.57. The number of fused-ring (bicyclic) bond motifs is 1. The molecule has 0 unspecified atom stereocenters. The Morgan fingerprint density at radius 2 is 1.30 bits per heavy atom. The smallest absolute Gasteiger partial charge is 0.341 e. The summed E-state index contributed by atoms with van der Waals surface area (Å²) in [5.41, 5.74) is 1.97. The third kappa shape index (κ3) is 3.96. The fraction of sp³-hybridized carbons (Fsp3) is 0.310. The van der Waals surface area contributed by atoms with Gasteiger partial charge in [0, 0.05) is 5.56 Å². The topological polar surface area (TPSA) is 104 Å². The molecule has 0 spiro atoms. The highest BCUT2D eigenvalue weighted by atomic mass is 79.9. The van der Waals surface area contributed by atoms with Gasteiger partial charge in [0.05, 0.1) is 31.2 Å². The molecule has 0 saturated carbocycles. The highest BCUT2D eigenvalue weighted by Gasteiger charge is 2.55. The molecule has 0 bridgehead atoms. The fourth-order valence-electron chi connectivity index (χ4n) is 5.36. The van der Waals surface area contributed by atoms with Gasteiger partial charge in [0.1, 0.15) is 11.5 Å². The first-order valence-corrected chi connectivity index (χ1v) is 13.8. The number of ether oxygens (including phenoxy) is 1. The van der Waals surface area contributed by atoms with Crippen LogP contribution in [0.2, 0.25) is 0 Å². The number of aromatic carboxylic acids is 1. The number of rotatable bonds is 7. The average molecular weight is 632 g/mol. The van der Waals surface area contributed by atoms with Crippen molar-refractivity contribution in [3.05, 3.63) is 89.3 Å². The van der Waals surface area contributed by atoms with Crippen LogP contribution in [0.5, 0.6) is 11.5 Å². The highest BCUT2D eigenvalue weighted by molar-refractivity contribution is 9.11. The Morgan fingerprint density at radius 3 is 1.70 bits per heavy atom. The van der Waals surface area contributed by atoms with E-state index in [0.717, 1.165) is 22.3 Å². The van der Waals surface area contributed by atoms with Gasteiger partial charge < -0.3 is 20.1 Å². The Morgan fingerprint density at radius 1 is 0.838 bits per heavy atom. The van der Waals surface area contributed by atoms with E-state index >= 15 is 0 Å². The van der Waals surface area contributed by atoms with Crippen molar-refractivity contribution in [2.24, 2.45) is 0 Å². The van der Waals surface area contributed by atoms with E-state index in [1.165, 1.54) is 6.07 Å². The van der Waals surface area contributed by atoms with Crippen molar-refractivity contribution in [3.63, 3.8) is 0 Å². The molecule has 0 saturated heterocycles. The lowest BCUT2D eigenvalue weighted by atomic mass is 9.73. The third-order valence-corrected chi connectivity index (χ3v) is 8.91. The molecule has 6 nitrogen and oxygen atoms in total. The van der Waals surface area contributed by atoms with E-state index < -0.39 is 17.5 Å². The van der Waals surface area contributed by atoms with Crippen LogP contribution in [0.15, 0.2) is 39.3 Å². The lowest BCUT2D eigenvalue weighted by molar-refractivity contribution is 0.0232. The maximum atomic E-state index is 13.5. The molecule has 0 aromatic heterocycles. The molecule has 1 aliphatic heterocycles. The maximum absolute atomic E-state index is 13.5. The van der Waals surface area contributed by atoms with Crippen molar-refractivity contribution in [2.75, 3.05) is 0 Å². The van der Waals surface area contributed by atoms with Crippen LogP contribution < -0.4 is 0 Å². The monoisotopic (exact) mass is 630 g/mol. The van der Waals surface area contributed by atoms with Crippen LogP contribution in [0.3, 0.4) is 0 Å². The lowest BCUT2D eigenvalue weighted by Crippen LogP contribution is -2.33. The summed E-state index contributed by atoms with van der Waals surface area (Å²) in [7, 11) is 0. The molecule has 3 aromatic rings. The van der Waals surface area contributed by atoms with Crippen molar-refractivity contribution in [3.8, 4) is 11.5 Å². The number of carboxylic acid groups (broad SMARTS) is 1. The fourth-order valence-corrected chi connectivity index (χ4v) is 6.55. The van der Waals surface area contributed by atoms with Gasteiger partial charge in [0.25, 0.3) is 0 Å². The Hall–Kier alpha value is -2.84. The van der Waals surface area contributed by atoms with Gasteiger partial charge in [-0.1, -0.05) is 52.0 Å². The SMILES string of the molecule is CCc1cc(CC)c(C2(c3c(CC)cc(CC)c(Br)c3O)OC(=O)c3c(C(=O)O)cccc32)c(O)c1Br. The molecule has 1 aliphatic rings. The molecule has 3 N–H and O–H groups in total. The standard InChI is InChI=1S/C29H28Br2O6/c1-5-14-12-16(7-3)23(30)25(32)21(14)29(22-15(6-2)13-17(8-4)24(31)26(22)33)19-11-9-10-18(27(34)35)20(19)28(36)37-29/h9-13,32-33H,5-8H2,1-4H3,(H,34,35). The van der Waals surface area contributed by atoms with Crippen molar-refractivity contribution in [1.82, 2.24) is 0 Å². The minimum absolute atomic E-state index is 0.0933. The summed E-state index contributed by atoms with van der Waals surface area (Å²) in [4.78, 5) is 25.6. The molecule has 1 heterocycles. The number of carbonyl (C=O) groups is 2. The van der Waals surface area contributed by atoms with Crippen molar-refractivity contribution in [1.29, 1.82) is 0 Å². The maximum Gasteiger partial charge on any atom is 0.341 e. The van der Waals surface area contributed by atoms with E-state index in [0.29, 0.717) is 45.8 Å². The van der Waals surface area contributed by atoms with Gasteiger partial charge in [-0.05, 0) is 85.9 Å². The van der Waals surface area contributed by atoms with Gasteiger partial charge in [0.15, 0.2) is 5.60 Å². The van der Waals surface area contributed by atoms with E-state index in [1.54, 1.807) is 12.1 Å². The van der Waals surface area contributed by atoms with Crippen molar-refractivity contribution in [2.45, 2.75) is 59.0 Å². The molecule has 3 aromatic carbocycles. The molecule has 37 heavy (non-hydrogen) atoms. The van der Waals surface area contributed by atoms with Crippen molar-refractivity contribution >= 4 is 43.8 Å². The number of carboxylic acids is 1. The molecule has 0 aliphatic carbocycles. The summed E-state index contributed by atoms with van der Waals surface area (Å²) >= 11 is 7.05. The lowest BCUT2D eigenvalue weighted by Gasteiger charge is -2.35. The van der Waals surface area contributed by atoms with Gasteiger partial charge in [-0.3, -0.25) is 0 Å². The zero-order valence-electron chi connectivity index (χ0n) is 21.0. The quantitative estimate of drug-likeness (QED) is 0.242. The summed E-state index contributed by atoms with van der Waals surface area (Å²) in [5.74, 6) is -2.33. The number of carbonyl (C=O) groups excluding carboxylic acids is 1. The van der Waals surface area contributed by atoms with Crippen LogP contribution in [-0.2, 0) is 36.0 Å². The Kier molecular flexibility index (Phi) is 7.45. The Bertz CT molecular complexity index is 1380. The van der Waals surface area contributed by atoms with Crippen molar-refractivity contribution < 1.29 is 29.6 Å². The molecule has 194 valence electrons. The van der Waals surface area contributed by atoms with E-state index in [-0.39, 0.29) is 28.2 Å². The number of esters is 1. The number of hydrogen-bond acceptors (Lipinski definition) is 5. The number of benzene rings is 3. The van der Waals surface area contributed by atoms with Crippen LogP contribution in [0.4, 0.5) is 0 Å². The Balaban J connectivity index is 2.30. The normalized spacial score (nSPS) is 13.9. The number of halogens is 2. The number of phenolic OH excluding ortho intramolecular Hbond substituents is 2. The number of aromatic hydroxyl groups is 2. The predicted octanol–water partition coefficient (Wildman–Crippen LogP) is 7.03. The van der Waals surface area contributed by atoms with Crippen LogP contribution in [0.25, 0.3) is 0 Å². The van der Waals surface area contributed by atoms with Gasteiger partial charge >= 0.3 is 11.9 Å². The number of hydrogen-bond donors (Lipinski definition) is 3. The van der Waals surface area contributed by atoms with Crippen LogP contribution >= 0.6 is 31.9 Å². The first-order chi connectivity index (χ1) is 17.6. The molecule has 0 radical (unpaired) electrons. The van der Waals surface area contributed by atoms with Gasteiger partial charge in [-0.25, -0.2) is 9.59 Å². The molecule has 4 rings (SSSR count). The summed E-state index contributed by atoms with van der Waals surface area (Å²) in [6.45, 7) is 7.81. The predicted molar refractivity (Wildman–Crippen MR) is 148 cm³/mol. The number of aryl methyl sites for hydroxylation is 4. The first-order valence-electron chi connectivity index (χ1n) is 12.3.